The standard InChI is InChI=1S/C24H34N2O6S/c1-33(31,32)26-24(29)12-8-3-2-7-11-21-20(22(25-30)17-23(21)28)16-15-19(27)14-13-18-9-5-4-6-10-18/h2,4-7,9-10,15-16,19-21,23,27-28,30H,3,8,11-14,17H2,1H3,(H,26,29)/b7-2+,16-15+,25-22-. The number of hydrogen-bond donors (Lipinski definition) is 4. The van der Waals surface area contributed by atoms with Crippen molar-refractivity contribution in [2.24, 2.45) is 17.0 Å². The monoisotopic (exact) mass is 478 g/mol. The number of nitrogens with zero attached hydrogens (tertiary/aromatic N) is 1. The summed E-state index contributed by atoms with van der Waals surface area (Å²) >= 11 is 0. The topological polar surface area (TPSA) is 136 Å². The molecule has 2 rings (SSSR count). The molecule has 4 N–H and O–H groups in total. The van der Waals surface area contributed by atoms with Crippen molar-refractivity contribution in [2.75, 3.05) is 6.26 Å². The van der Waals surface area contributed by atoms with Gasteiger partial charge in [-0.2, -0.15) is 0 Å². The Balaban J connectivity index is 1.84. The van der Waals surface area contributed by atoms with Gasteiger partial charge in [0.05, 0.1) is 24.2 Å². The smallest absolute Gasteiger partial charge is 0.233 e. The molecule has 1 aliphatic rings. The fraction of sp³-hybridized carbons (Fsp3) is 0.500. The third-order valence-corrected chi connectivity index (χ3v) is 6.25. The molecule has 8 nitrogen and oxygen atoms in total. The SMILES string of the molecule is CS(=O)(=O)NC(=O)CCC/C=C/CC1C(O)C/C(=N/O)C1/C=C/C(O)CCc1ccccc1. The highest BCUT2D eigenvalue weighted by atomic mass is 32.2. The third kappa shape index (κ3) is 9.89. The summed E-state index contributed by atoms with van der Waals surface area (Å²) in [6, 6.07) is 9.90. The van der Waals surface area contributed by atoms with Gasteiger partial charge in [0.15, 0.2) is 0 Å². The molecular weight excluding hydrogens is 444 g/mol. The summed E-state index contributed by atoms with van der Waals surface area (Å²) in [7, 11) is -3.53. The number of carbonyl (C=O) groups excluding carboxylic acids is 1. The molecule has 0 heterocycles. The van der Waals surface area contributed by atoms with Crippen LogP contribution in [0.5, 0.6) is 0 Å². The van der Waals surface area contributed by atoms with E-state index in [9.17, 15) is 28.6 Å². The Bertz CT molecular complexity index is 943. The second-order valence-electron chi connectivity index (χ2n) is 8.43. The lowest BCUT2D eigenvalue weighted by molar-refractivity contribution is -0.119. The van der Waals surface area contributed by atoms with Crippen molar-refractivity contribution in [3.8, 4) is 0 Å². The van der Waals surface area contributed by atoms with Gasteiger partial charge in [0.25, 0.3) is 0 Å². The van der Waals surface area contributed by atoms with E-state index in [-0.39, 0.29) is 24.7 Å². The highest BCUT2D eigenvalue weighted by Crippen LogP contribution is 2.34. The number of carbonyl (C=O) groups is 1. The number of amides is 1. The summed E-state index contributed by atoms with van der Waals surface area (Å²) in [5.74, 6) is -0.989. The van der Waals surface area contributed by atoms with Gasteiger partial charge >= 0.3 is 0 Å². The predicted octanol–water partition coefficient (Wildman–Crippen LogP) is 2.56. The average molecular weight is 479 g/mol. The maximum absolute atomic E-state index is 11.5. The Labute approximate surface area is 195 Å². The Hall–Kier alpha value is -2.49. The van der Waals surface area contributed by atoms with E-state index in [0.29, 0.717) is 31.4 Å². The molecule has 0 aromatic heterocycles. The minimum atomic E-state index is -3.53. The Morgan fingerprint density at radius 2 is 2.00 bits per heavy atom. The number of oxime groups is 1. The van der Waals surface area contributed by atoms with Crippen LogP contribution >= 0.6 is 0 Å². The van der Waals surface area contributed by atoms with Crippen LogP contribution in [0.15, 0.2) is 59.8 Å². The second kappa shape index (κ2) is 13.3. The molecule has 0 saturated heterocycles. The summed E-state index contributed by atoms with van der Waals surface area (Å²) in [4.78, 5) is 11.5. The molecule has 0 radical (unpaired) electrons. The number of hydrogen-bond acceptors (Lipinski definition) is 7. The molecule has 9 heteroatoms. The summed E-state index contributed by atoms with van der Waals surface area (Å²) < 4.78 is 24.0. The zero-order valence-corrected chi connectivity index (χ0v) is 19.7. The maximum Gasteiger partial charge on any atom is 0.233 e. The first-order valence-electron chi connectivity index (χ1n) is 11.1. The quantitative estimate of drug-likeness (QED) is 0.158. The van der Waals surface area contributed by atoms with Crippen molar-refractivity contribution in [3.63, 3.8) is 0 Å². The van der Waals surface area contributed by atoms with E-state index < -0.39 is 28.1 Å². The molecule has 33 heavy (non-hydrogen) atoms. The molecule has 4 unspecified atom stereocenters. The first kappa shape index (κ1) is 26.8. The molecule has 0 spiro atoms. The normalized spacial score (nSPS) is 23.5. The van der Waals surface area contributed by atoms with Gasteiger partial charge in [-0.05, 0) is 37.7 Å². The lowest BCUT2D eigenvalue weighted by atomic mass is 9.89. The molecule has 182 valence electrons. The second-order valence-corrected chi connectivity index (χ2v) is 10.2. The number of allylic oxidation sites excluding steroid dienone is 3. The van der Waals surface area contributed by atoms with E-state index in [0.717, 1.165) is 18.2 Å². The Morgan fingerprint density at radius 3 is 2.67 bits per heavy atom. The van der Waals surface area contributed by atoms with E-state index in [1.54, 1.807) is 6.08 Å². The van der Waals surface area contributed by atoms with Gasteiger partial charge in [0.1, 0.15) is 0 Å². The molecule has 1 saturated carbocycles. The van der Waals surface area contributed by atoms with E-state index in [1.165, 1.54) is 0 Å². The van der Waals surface area contributed by atoms with Crippen molar-refractivity contribution in [2.45, 2.75) is 57.2 Å². The van der Waals surface area contributed by atoms with Crippen molar-refractivity contribution in [3.05, 3.63) is 60.2 Å². The van der Waals surface area contributed by atoms with E-state index >= 15 is 0 Å². The third-order valence-electron chi connectivity index (χ3n) is 5.65. The van der Waals surface area contributed by atoms with Crippen LogP contribution in [0.2, 0.25) is 0 Å². The number of unbranched alkanes of at least 4 members (excludes halogenated alkanes) is 1. The molecular formula is C24H34N2O6S. The number of aryl methyl sites for hydroxylation is 1. The lowest BCUT2D eigenvalue weighted by Crippen LogP contribution is -2.28. The number of benzene rings is 1. The number of nitrogens with one attached hydrogen (secondary N) is 1. The first-order chi connectivity index (χ1) is 15.7. The van der Waals surface area contributed by atoms with Crippen molar-refractivity contribution < 1.29 is 28.6 Å². The molecule has 1 aromatic rings. The Morgan fingerprint density at radius 1 is 1.27 bits per heavy atom. The lowest BCUT2D eigenvalue weighted by Gasteiger charge is -2.18. The van der Waals surface area contributed by atoms with Crippen LogP contribution in [0.25, 0.3) is 0 Å². The zero-order valence-electron chi connectivity index (χ0n) is 18.9. The molecule has 0 bridgehead atoms. The van der Waals surface area contributed by atoms with Crippen LogP contribution in [0.4, 0.5) is 0 Å². The van der Waals surface area contributed by atoms with Crippen LogP contribution in [0.1, 0.15) is 44.1 Å². The molecule has 1 fully saturated rings. The summed E-state index contributed by atoms with van der Waals surface area (Å²) in [5.41, 5.74) is 1.64. The van der Waals surface area contributed by atoms with Crippen LogP contribution in [-0.4, -0.2) is 53.9 Å². The van der Waals surface area contributed by atoms with Gasteiger partial charge in [-0.25, -0.2) is 8.42 Å². The minimum Gasteiger partial charge on any atom is -0.411 e. The van der Waals surface area contributed by atoms with Crippen molar-refractivity contribution in [1.29, 1.82) is 0 Å². The van der Waals surface area contributed by atoms with Crippen molar-refractivity contribution >= 4 is 21.6 Å². The number of aliphatic hydroxyl groups is 2. The number of rotatable bonds is 12. The van der Waals surface area contributed by atoms with E-state index in [2.05, 4.69) is 5.16 Å². The van der Waals surface area contributed by atoms with Crippen molar-refractivity contribution in [1.82, 2.24) is 4.72 Å². The molecule has 4 atom stereocenters. The van der Waals surface area contributed by atoms with Crippen LogP contribution < -0.4 is 4.72 Å². The molecule has 1 amide bonds. The predicted molar refractivity (Wildman–Crippen MR) is 127 cm³/mol. The zero-order chi connectivity index (χ0) is 24.3. The van der Waals surface area contributed by atoms with Crippen LogP contribution in [-0.2, 0) is 21.2 Å². The van der Waals surface area contributed by atoms with Crippen LogP contribution in [0, 0.1) is 11.8 Å². The summed E-state index contributed by atoms with van der Waals surface area (Å²) in [5, 5.41) is 33.5. The van der Waals surface area contributed by atoms with E-state index in [4.69, 9.17) is 0 Å². The van der Waals surface area contributed by atoms with Gasteiger partial charge in [0.2, 0.25) is 15.9 Å². The highest BCUT2D eigenvalue weighted by Gasteiger charge is 2.38. The largest absolute Gasteiger partial charge is 0.411 e. The average Bonchev–Trinajstić information content (AvgIpc) is 3.07. The summed E-state index contributed by atoms with van der Waals surface area (Å²) in [6.45, 7) is 0. The van der Waals surface area contributed by atoms with E-state index in [1.807, 2.05) is 53.3 Å². The van der Waals surface area contributed by atoms with Gasteiger partial charge in [0, 0.05) is 24.7 Å². The van der Waals surface area contributed by atoms with Gasteiger partial charge < -0.3 is 15.4 Å². The van der Waals surface area contributed by atoms with Gasteiger partial charge in [-0.1, -0.05) is 59.8 Å². The molecule has 0 aliphatic heterocycles. The minimum absolute atomic E-state index is 0.108. The highest BCUT2D eigenvalue weighted by molar-refractivity contribution is 7.89. The molecule has 1 aromatic carbocycles. The number of aliphatic hydroxyl groups excluding tert-OH is 2. The maximum atomic E-state index is 11.5. The number of sulfonamides is 1. The van der Waals surface area contributed by atoms with Gasteiger partial charge in [-0.3, -0.25) is 9.52 Å². The Kier molecular flexibility index (Phi) is 10.8. The first-order valence-corrected chi connectivity index (χ1v) is 13.0. The van der Waals surface area contributed by atoms with Gasteiger partial charge in [-0.15, -0.1) is 0 Å². The summed E-state index contributed by atoms with van der Waals surface area (Å²) in [6.07, 6.45) is 10.3. The fourth-order valence-corrected chi connectivity index (χ4v) is 4.48. The van der Waals surface area contributed by atoms with Crippen LogP contribution in [0.3, 0.4) is 0 Å². The fourth-order valence-electron chi connectivity index (χ4n) is 3.97. The molecule has 1 aliphatic carbocycles.